The lowest BCUT2D eigenvalue weighted by Gasteiger charge is -1.27. The van der Waals surface area contributed by atoms with E-state index in [1.54, 1.807) is 0 Å². The van der Waals surface area contributed by atoms with Gasteiger partial charge >= 0.3 is 0 Å². The van der Waals surface area contributed by atoms with Gasteiger partial charge in [-0.3, -0.25) is 0 Å². The first-order valence-corrected chi connectivity index (χ1v) is 1.06. The maximum atomic E-state index is 4.76. The number of hydrogen-bond donors (Lipinski definition) is 0. The molecule has 0 N–H and O–H groups in total. The van der Waals surface area contributed by atoms with E-state index >= 15 is 0 Å². The van der Waals surface area contributed by atoms with Gasteiger partial charge in [-0.05, 0) is 5.54 Å². The number of nitrogens with zero attached hydrogens (tertiary/aromatic N) is 1. The molecule has 0 saturated heterocycles. The third-order valence-corrected chi connectivity index (χ3v) is 0. The smallest absolute Gasteiger partial charge is 0 e. The number of rotatable bonds is 0. The summed E-state index contributed by atoms with van der Waals surface area (Å²) < 4.78 is 0. The van der Waals surface area contributed by atoms with Gasteiger partial charge in [-0.2, -0.15) is 0 Å². The largest absolute Gasteiger partial charge is 0.0936 e. The molecule has 0 bridgehead atoms. The van der Waals surface area contributed by atoms with Crippen molar-refractivity contribution < 1.29 is 0 Å². The van der Waals surface area contributed by atoms with Crippen LogP contribution < -0.4 is 6.15 Å². The van der Waals surface area contributed by atoms with Crippen LogP contribution in [0.15, 0.2) is 12.1 Å². The molecule has 0 aromatic heterocycles. The average molecular weight is 76.5 g/mol. The van der Waals surface area contributed by atoms with E-state index in [0.29, 0.717) is 0 Å². The Hall–Kier alpha value is -0.0100. The molecule has 0 unspecified atom stereocenters. The number of hydrogen-bond acceptors (Lipinski definition) is 0. The molecule has 0 aromatic carbocycles. The van der Waals surface area contributed by atoms with Crippen LogP contribution >= 0.6 is 11.6 Å². The van der Waals surface area contributed by atoms with Crippen molar-refractivity contribution >= 4 is 11.6 Å². The molecule has 0 heterocycles. The van der Waals surface area contributed by atoms with Gasteiger partial charge in [0.2, 0.25) is 0 Å². The fraction of sp³-hybridized carbons (Fsp3) is 0. The van der Waals surface area contributed by atoms with Crippen LogP contribution in [0.1, 0.15) is 0 Å². The summed E-state index contributed by atoms with van der Waals surface area (Å²) in [5.41, 5.74) is 1.22. The van der Waals surface area contributed by atoms with Crippen LogP contribution in [-0.4, -0.2) is 0 Å². The Morgan fingerprint density at radius 1 is 1.75 bits per heavy atom. The second kappa shape index (κ2) is 12.1. The molecule has 0 saturated carbocycles. The lowest BCUT2D eigenvalue weighted by atomic mass is 11.3. The molecule has 0 fully saturated rings. The summed E-state index contributed by atoms with van der Waals surface area (Å²) in [7, 11) is 0. The molecule has 3 radical (unpaired) electrons. The van der Waals surface area contributed by atoms with Crippen LogP contribution in [0.2, 0.25) is 0 Å². The average Bonchev–Trinajstić information content (AvgIpc) is 0.918. The fourth-order valence-corrected chi connectivity index (χ4v) is 0. The third kappa shape index (κ3) is 19500. The Morgan fingerprint density at radius 2 is 1.75 bits per heavy atom. The van der Waals surface area contributed by atoms with Crippen molar-refractivity contribution in [2.45, 2.75) is 0 Å². The minimum atomic E-state index is 0. The molecule has 0 aromatic rings. The van der Waals surface area contributed by atoms with E-state index in [0.717, 1.165) is 0 Å². The standard InChI is InChI=1S/C2H3Cl.N/c1-2-3;/h2H,1H2;. The first-order chi connectivity index (χ1) is 1.41. The lowest BCUT2D eigenvalue weighted by Crippen LogP contribution is -0.926. The minimum absolute atomic E-state index is 0. The summed E-state index contributed by atoms with van der Waals surface area (Å²) in [5, 5.41) is 0. The van der Waals surface area contributed by atoms with Crippen molar-refractivity contribution in [2.24, 2.45) is 0 Å². The van der Waals surface area contributed by atoms with E-state index in [1.807, 2.05) is 0 Å². The van der Waals surface area contributed by atoms with Crippen LogP contribution in [0.3, 0.4) is 0 Å². The topological polar surface area (TPSA) is 30.5 Å². The Bertz CT molecular complexity index is 13.5. The van der Waals surface area contributed by atoms with Crippen LogP contribution in [0.25, 0.3) is 0 Å². The van der Waals surface area contributed by atoms with Gasteiger partial charge in [0.1, 0.15) is 0 Å². The van der Waals surface area contributed by atoms with Crippen molar-refractivity contribution in [2.75, 3.05) is 0 Å². The second-order valence-corrected chi connectivity index (χ2v) is 0.463. The third-order valence-electron chi connectivity index (χ3n) is 0. The van der Waals surface area contributed by atoms with E-state index in [4.69, 9.17) is 11.6 Å². The first kappa shape index (κ1) is 9.01. The molecule has 0 atom stereocenters. The maximum Gasteiger partial charge on any atom is 0 e. The molecule has 1 nitrogen and oxygen atoms in total. The van der Waals surface area contributed by atoms with Crippen LogP contribution in [-0.2, 0) is 0 Å². The monoisotopic (exact) mass is 76.0 g/mol. The van der Waals surface area contributed by atoms with Gasteiger partial charge in [0.25, 0.3) is 0 Å². The molecular weight excluding hydrogens is 73.5 g/mol. The Balaban J connectivity index is 0. The highest BCUT2D eigenvalue weighted by Gasteiger charge is 1.18. The highest BCUT2D eigenvalue weighted by molar-refractivity contribution is 6.25. The van der Waals surface area contributed by atoms with E-state index < -0.39 is 0 Å². The minimum Gasteiger partial charge on any atom is -0.0936 e. The zero-order chi connectivity index (χ0) is 2.71. The highest BCUT2D eigenvalue weighted by Crippen LogP contribution is 1.60. The van der Waals surface area contributed by atoms with E-state index in [2.05, 4.69) is 6.58 Å². The second-order valence-electron chi connectivity index (χ2n) is 0.154. The van der Waals surface area contributed by atoms with Gasteiger partial charge < -0.3 is 0 Å². The van der Waals surface area contributed by atoms with Crippen molar-refractivity contribution in [3.8, 4) is 0 Å². The Morgan fingerprint density at radius 3 is 1.75 bits per heavy atom. The van der Waals surface area contributed by atoms with Crippen molar-refractivity contribution in [1.82, 2.24) is 6.15 Å². The molecule has 0 aliphatic carbocycles. The van der Waals surface area contributed by atoms with Crippen LogP contribution in [0, 0.1) is 0 Å². The van der Waals surface area contributed by atoms with Crippen LogP contribution in [0.5, 0.6) is 0 Å². The fourth-order valence-electron chi connectivity index (χ4n) is 0. The van der Waals surface area contributed by atoms with Gasteiger partial charge in [-0.1, -0.05) is 18.2 Å². The van der Waals surface area contributed by atoms with Gasteiger partial charge in [0, 0.05) is 6.15 Å². The predicted molar refractivity (Wildman–Crippen MR) is 18.2 cm³/mol. The first-order valence-electron chi connectivity index (χ1n) is 0.626. The Labute approximate surface area is 30.9 Å². The number of halogens is 1. The van der Waals surface area contributed by atoms with Gasteiger partial charge in [0.15, 0.2) is 0 Å². The molecule has 0 aliphatic rings. The molecule has 4 heavy (non-hydrogen) atoms. The zero-order valence-electron chi connectivity index (χ0n) is 2.11. The quantitative estimate of drug-likeness (QED) is 0.410. The summed E-state index contributed by atoms with van der Waals surface area (Å²) >= 11 is 4.76. The van der Waals surface area contributed by atoms with Gasteiger partial charge in [-0.25, -0.2) is 0 Å². The Kier molecular flexibility index (Phi) is 27.2. The van der Waals surface area contributed by atoms with Crippen molar-refractivity contribution in [3.63, 3.8) is 0 Å². The zero-order valence-corrected chi connectivity index (χ0v) is 2.87. The molecule has 2 heteroatoms. The lowest BCUT2D eigenvalue weighted by molar-refractivity contribution is 2.13. The summed E-state index contributed by atoms with van der Waals surface area (Å²) in [5.74, 6) is 0. The van der Waals surface area contributed by atoms with E-state index in [-0.39, 0.29) is 6.15 Å². The maximum absolute atomic E-state index is 4.76. The van der Waals surface area contributed by atoms with Crippen LogP contribution in [0.4, 0.5) is 0 Å². The molecule has 0 amide bonds. The highest BCUT2D eigenvalue weighted by atomic mass is 35.5. The SMILES string of the molecule is C=CCl.[N]. The molecule has 23 valence electrons. The molecule has 0 aliphatic heterocycles. The van der Waals surface area contributed by atoms with Crippen molar-refractivity contribution in [1.29, 1.82) is 0 Å². The van der Waals surface area contributed by atoms with Gasteiger partial charge in [-0.15, -0.1) is 0 Å². The summed E-state index contributed by atoms with van der Waals surface area (Å²) in [6.45, 7) is 3.13. The van der Waals surface area contributed by atoms with E-state index in [9.17, 15) is 0 Å². The van der Waals surface area contributed by atoms with Crippen molar-refractivity contribution in [3.05, 3.63) is 12.1 Å². The molecular formula is C2H3ClN. The summed E-state index contributed by atoms with van der Waals surface area (Å²) in [6, 6.07) is 0. The molecule has 0 spiro atoms. The normalized spacial score (nSPS) is 3.25. The summed E-state index contributed by atoms with van der Waals surface area (Å²) in [4.78, 5) is 0. The summed E-state index contributed by atoms with van der Waals surface area (Å²) in [6.07, 6.45) is 0. The van der Waals surface area contributed by atoms with E-state index in [1.165, 1.54) is 5.54 Å². The predicted octanol–water partition coefficient (Wildman–Crippen LogP) is 0.888. The van der Waals surface area contributed by atoms with Gasteiger partial charge in [0.05, 0.1) is 0 Å². The molecule has 0 rings (SSSR count).